The fraction of sp³-hybridized carbons (Fsp3) is 0.214. The summed E-state index contributed by atoms with van der Waals surface area (Å²) in [5, 5.41) is 11.8. The van der Waals surface area contributed by atoms with E-state index in [2.05, 4.69) is 21.4 Å². The lowest BCUT2D eigenvalue weighted by molar-refractivity contribution is 0.414. The largest absolute Gasteiger partial charge is 0.497 e. The molecule has 5 nitrogen and oxygen atoms in total. The summed E-state index contributed by atoms with van der Waals surface area (Å²) < 4.78 is 5.17. The van der Waals surface area contributed by atoms with E-state index in [-0.39, 0.29) is 0 Å². The number of anilines is 1. The van der Waals surface area contributed by atoms with Crippen LogP contribution in [0.25, 0.3) is 0 Å². The van der Waals surface area contributed by atoms with Crippen molar-refractivity contribution in [3.05, 3.63) is 47.9 Å². The van der Waals surface area contributed by atoms with Crippen LogP contribution in [0.4, 0.5) is 5.82 Å². The first-order valence-electron chi connectivity index (χ1n) is 5.91. The Morgan fingerprint density at radius 2 is 2.21 bits per heavy atom. The number of aromatic nitrogens is 2. The van der Waals surface area contributed by atoms with Gasteiger partial charge >= 0.3 is 0 Å². The summed E-state index contributed by atoms with van der Waals surface area (Å²) in [6, 6.07) is 9.88. The maximum Gasteiger partial charge on any atom is 0.158 e. The molecule has 0 unspecified atom stereocenters. The lowest BCUT2D eigenvalue weighted by Gasteiger charge is -2.06. The molecule has 0 radical (unpaired) electrons. The van der Waals surface area contributed by atoms with E-state index >= 15 is 0 Å². The summed E-state index contributed by atoms with van der Waals surface area (Å²) >= 11 is 0. The predicted molar refractivity (Wildman–Crippen MR) is 71.9 cm³/mol. The molecular formula is C14H14N4O. The van der Waals surface area contributed by atoms with Gasteiger partial charge in [-0.3, -0.25) is 0 Å². The van der Waals surface area contributed by atoms with Crippen molar-refractivity contribution in [1.82, 2.24) is 9.97 Å². The van der Waals surface area contributed by atoms with Crippen LogP contribution in [0.1, 0.15) is 11.3 Å². The van der Waals surface area contributed by atoms with Crippen molar-refractivity contribution < 1.29 is 4.74 Å². The number of hydrogen-bond acceptors (Lipinski definition) is 5. The number of methoxy groups -OCH3 is 1. The van der Waals surface area contributed by atoms with E-state index in [1.807, 2.05) is 24.3 Å². The summed E-state index contributed by atoms with van der Waals surface area (Å²) in [6.45, 7) is 0.744. The standard InChI is InChI=1S/C14H14N4O/c1-19-13-4-2-3-11(7-13)5-6-16-14-10-17-12(8-15)9-18-14/h2-4,7,9-10H,5-6H2,1H3,(H,16,18). The summed E-state index contributed by atoms with van der Waals surface area (Å²) in [7, 11) is 1.66. The molecule has 0 aliphatic heterocycles. The first-order valence-corrected chi connectivity index (χ1v) is 5.91. The number of hydrogen-bond donors (Lipinski definition) is 1. The second kappa shape index (κ2) is 6.36. The molecule has 0 bridgehead atoms. The molecule has 2 aromatic rings. The van der Waals surface area contributed by atoms with Crippen LogP contribution in [0.2, 0.25) is 0 Å². The Balaban J connectivity index is 1.87. The highest BCUT2D eigenvalue weighted by Gasteiger charge is 1.98. The molecule has 1 heterocycles. The van der Waals surface area contributed by atoms with Gasteiger partial charge in [0.05, 0.1) is 19.5 Å². The highest BCUT2D eigenvalue weighted by molar-refractivity contribution is 5.34. The number of benzene rings is 1. The number of nitrogens with zero attached hydrogens (tertiary/aromatic N) is 3. The van der Waals surface area contributed by atoms with E-state index in [0.717, 1.165) is 18.7 Å². The molecular weight excluding hydrogens is 240 g/mol. The normalized spacial score (nSPS) is 9.68. The van der Waals surface area contributed by atoms with Crippen LogP contribution in [0.15, 0.2) is 36.7 Å². The zero-order valence-electron chi connectivity index (χ0n) is 10.6. The first-order chi connectivity index (χ1) is 9.31. The van der Waals surface area contributed by atoms with Crippen LogP contribution in [0.5, 0.6) is 5.75 Å². The average molecular weight is 254 g/mol. The third-order valence-corrected chi connectivity index (χ3v) is 2.62. The molecule has 2 rings (SSSR count). The number of nitrogens with one attached hydrogen (secondary N) is 1. The van der Waals surface area contributed by atoms with E-state index in [1.165, 1.54) is 11.8 Å². The van der Waals surface area contributed by atoms with Crippen molar-refractivity contribution in [2.75, 3.05) is 19.0 Å². The number of nitriles is 1. The van der Waals surface area contributed by atoms with E-state index in [9.17, 15) is 0 Å². The Bertz CT molecular complexity index is 575. The lowest BCUT2D eigenvalue weighted by Crippen LogP contribution is -2.06. The molecule has 1 N–H and O–H groups in total. The molecule has 0 saturated carbocycles. The molecule has 0 saturated heterocycles. The van der Waals surface area contributed by atoms with Gasteiger partial charge < -0.3 is 10.1 Å². The summed E-state index contributed by atoms with van der Waals surface area (Å²) in [5.41, 5.74) is 1.51. The molecule has 0 fully saturated rings. The first kappa shape index (κ1) is 12.8. The zero-order chi connectivity index (χ0) is 13.5. The lowest BCUT2D eigenvalue weighted by atomic mass is 10.1. The van der Waals surface area contributed by atoms with Crippen LogP contribution >= 0.6 is 0 Å². The highest BCUT2D eigenvalue weighted by Crippen LogP contribution is 2.13. The van der Waals surface area contributed by atoms with E-state index in [0.29, 0.717) is 11.5 Å². The van der Waals surface area contributed by atoms with Crippen molar-refractivity contribution in [2.45, 2.75) is 6.42 Å². The van der Waals surface area contributed by atoms with Crippen LogP contribution in [-0.2, 0) is 6.42 Å². The summed E-state index contributed by atoms with van der Waals surface area (Å²) in [6.07, 6.45) is 3.87. The van der Waals surface area contributed by atoms with Crippen LogP contribution in [-0.4, -0.2) is 23.6 Å². The number of ether oxygens (including phenoxy) is 1. The van der Waals surface area contributed by atoms with Gasteiger partial charge in [-0.1, -0.05) is 12.1 Å². The highest BCUT2D eigenvalue weighted by atomic mass is 16.5. The van der Waals surface area contributed by atoms with Crippen LogP contribution in [0, 0.1) is 11.3 Å². The van der Waals surface area contributed by atoms with Gasteiger partial charge in [0.1, 0.15) is 17.6 Å². The van der Waals surface area contributed by atoms with Gasteiger partial charge in [0.15, 0.2) is 5.69 Å². The van der Waals surface area contributed by atoms with Crippen molar-refractivity contribution in [2.24, 2.45) is 0 Å². The van der Waals surface area contributed by atoms with E-state index < -0.39 is 0 Å². The molecule has 96 valence electrons. The SMILES string of the molecule is COc1cccc(CCNc2cnc(C#N)cn2)c1. The maximum atomic E-state index is 8.62. The molecule has 5 heteroatoms. The Hall–Kier alpha value is -2.61. The quantitative estimate of drug-likeness (QED) is 0.883. The summed E-state index contributed by atoms with van der Waals surface area (Å²) in [4.78, 5) is 8.04. The van der Waals surface area contributed by atoms with Crippen molar-refractivity contribution in [3.63, 3.8) is 0 Å². The number of rotatable bonds is 5. The van der Waals surface area contributed by atoms with Crippen molar-refractivity contribution >= 4 is 5.82 Å². The molecule has 0 aliphatic carbocycles. The monoisotopic (exact) mass is 254 g/mol. The molecule has 0 amide bonds. The van der Waals surface area contributed by atoms with Gasteiger partial charge in [-0.05, 0) is 24.1 Å². The van der Waals surface area contributed by atoms with Gasteiger partial charge in [-0.2, -0.15) is 5.26 Å². The van der Waals surface area contributed by atoms with Gasteiger partial charge in [0.25, 0.3) is 0 Å². The Kier molecular flexibility index (Phi) is 4.29. The molecule has 1 aromatic carbocycles. The summed E-state index contributed by atoms with van der Waals surface area (Å²) in [5.74, 6) is 1.53. The second-order valence-electron chi connectivity index (χ2n) is 3.93. The minimum absolute atomic E-state index is 0.318. The molecule has 0 atom stereocenters. The smallest absolute Gasteiger partial charge is 0.158 e. The van der Waals surface area contributed by atoms with Gasteiger partial charge in [0.2, 0.25) is 0 Å². The molecule has 19 heavy (non-hydrogen) atoms. The van der Waals surface area contributed by atoms with Crippen LogP contribution in [0.3, 0.4) is 0 Å². The Labute approximate surface area is 111 Å². The third kappa shape index (κ3) is 3.68. The van der Waals surface area contributed by atoms with Crippen molar-refractivity contribution in [3.8, 4) is 11.8 Å². The van der Waals surface area contributed by atoms with Crippen molar-refractivity contribution in [1.29, 1.82) is 5.26 Å². The average Bonchev–Trinajstić information content (AvgIpc) is 2.48. The van der Waals surface area contributed by atoms with Gasteiger partial charge in [0, 0.05) is 6.54 Å². The molecule has 0 aliphatic rings. The van der Waals surface area contributed by atoms with E-state index in [4.69, 9.17) is 10.00 Å². The van der Waals surface area contributed by atoms with E-state index in [1.54, 1.807) is 13.3 Å². The maximum absolute atomic E-state index is 8.62. The van der Waals surface area contributed by atoms with Crippen LogP contribution < -0.4 is 10.1 Å². The second-order valence-corrected chi connectivity index (χ2v) is 3.93. The minimum atomic E-state index is 0.318. The molecule has 1 aromatic heterocycles. The van der Waals surface area contributed by atoms with Gasteiger partial charge in [-0.25, -0.2) is 9.97 Å². The molecule has 0 spiro atoms. The fourth-order valence-electron chi connectivity index (χ4n) is 1.64. The predicted octanol–water partition coefficient (Wildman–Crippen LogP) is 2.01. The minimum Gasteiger partial charge on any atom is -0.497 e. The topological polar surface area (TPSA) is 70.8 Å². The fourth-order valence-corrected chi connectivity index (χ4v) is 1.64. The zero-order valence-corrected chi connectivity index (χ0v) is 10.6. The Morgan fingerprint density at radius 1 is 1.32 bits per heavy atom. The van der Waals surface area contributed by atoms with Gasteiger partial charge in [-0.15, -0.1) is 0 Å². The third-order valence-electron chi connectivity index (χ3n) is 2.62. The Morgan fingerprint density at radius 3 is 2.89 bits per heavy atom.